The van der Waals surface area contributed by atoms with Crippen molar-refractivity contribution < 1.29 is 0 Å². The number of benzene rings is 1. The Labute approximate surface area is 98.4 Å². The van der Waals surface area contributed by atoms with Gasteiger partial charge in [-0.3, -0.25) is 0 Å². The van der Waals surface area contributed by atoms with E-state index in [2.05, 4.69) is 44.2 Å². The van der Waals surface area contributed by atoms with Crippen LogP contribution < -0.4 is 5.73 Å². The van der Waals surface area contributed by atoms with Gasteiger partial charge in [-0.15, -0.1) is 0 Å². The smallest absolute Gasteiger partial charge is 0.00767 e. The Morgan fingerprint density at radius 3 is 2.38 bits per heavy atom. The van der Waals surface area contributed by atoms with E-state index in [1.807, 2.05) is 0 Å². The summed E-state index contributed by atoms with van der Waals surface area (Å²) in [6, 6.07) is 9.36. The van der Waals surface area contributed by atoms with Crippen LogP contribution in [0.4, 0.5) is 0 Å². The Kier molecular flexibility index (Phi) is 3.45. The average Bonchev–Trinajstić information content (AvgIpc) is 2.30. The molecule has 0 aromatic heterocycles. The molecule has 1 aromatic rings. The third kappa shape index (κ3) is 2.53. The molecule has 86 valence electrons. The Morgan fingerprint density at radius 1 is 1.19 bits per heavy atom. The van der Waals surface area contributed by atoms with Crippen LogP contribution in [0.25, 0.3) is 5.57 Å². The molecule has 0 spiro atoms. The van der Waals surface area contributed by atoms with Crippen molar-refractivity contribution in [2.45, 2.75) is 45.1 Å². The van der Waals surface area contributed by atoms with Crippen molar-refractivity contribution in [2.75, 3.05) is 0 Å². The first-order valence-corrected chi connectivity index (χ1v) is 6.22. The minimum atomic E-state index is 0.374. The molecule has 0 fully saturated rings. The van der Waals surface area contributed by atoms with Gasteiger partial charge >= 0.3 is 0 Å². The van der Waals surface area contributed by atoms with Crippen LogP contribution in [-0.2, 0) is 0 Å². The predicted molar refractivity (Wildman–Crippen MR) is 70.3 cm³/mol. The third-order valence-corrected chi connectivity index (χ3v) is 3.40. The van der Waals surface area contributed by atoms with E-state index in [-0.39, 0.29) is 0 Å². The zero-order valence-electron chi connectivity index (χ0n) is 10.2. The molecule has 1 aliphatic carbocycles. The second-order valence-corrected chi connectivity index (χ2v) is 5.04. The lowest BCUT2D eigenvalue weighted by Gasteiger charge is -2.18. The molecule has 0 bridgehead atoms. The van der Waals surface area contributed by atoms with Gasteiger partial charge in [0, 0.05) is 6.04 Å². The molecule has 0 aliphatic heterocycles. The van der Waals surface area contributed by atoms with Crippen LogP contribution in [0.2, 0.25) is 0 Å². The summed E-state index contributed by atoms with van der Waals surface area (Å²) in [4.78, 5) is 0. The molecule has 16 heavy (non-hydrogen) atoms. The lowest BCUT2D eigenvalue weighted by molar-refractivity contribution is 0.614. The lowest BCUT2D eigenvalue weighted by atomic mass is 9.90. The highest BCUT2D eigenvalue weighted by Gasteiger charge is 2.11. The largest absolute Gasteiger partial charge is 0.327 e. The lowest BCUT2D eigenvalue weighted by Crippen LogP contribution is -2.21. The number of rotatable bonds is 2. The van der Waals surface area contributed by atoms with Crippen LogP contribution in [-0.4, -0.2) is 6.04 Å². The van der Waals surface area contributed by atoms with E-state index in [9.17, 15) is 0 Å². The van der Waals surface area contributed by atoms with Crippen LogP contribution in [0.5, 0.6) is 0 Å². The predicted octanol–water partition coefficient (Wildman–Crippen LogP) is 3.70. The van der Waals surface area contributed by atoms with E-state index in [1.54, 1.807) is 0 Å². The molecule has 0 heterocycles. The summed E-state index contributed by atoms with van der Waals surface area (Å²) in [6.07, 6.45) is 5.58. The fourth-order valence-corrected chi connectivity index (χ4v) is 2.20. The number of hydrogen-bond acceptors (Lipinski definition) is 1. The van der Waals surface area contributed by atoms with Crippen molar-refractivity contribution in [3.8, 4) is 0 Å². The molecule has 0 amide bonds. The Morgan fingerprint density at radius 2 is 1.88 bits per heavy atom. The first-order chi connectivity index (χ1) is 7.66. The highest BCUT2D eigenvalue weighted by atomic mass is 14.6. The molecule has 2 N–H and O–H groups in total. The van der Waals surface area contributed by atoms with E-state index in [4.69, 9.17) is 5.73 Å². The van der Waals surface area contributed by atoms with Crippen molar-refractivity contribution in [1.82, 2.24) is 0 Å². The highest BCUT2D eigenvalue weighted by molar-refractivity contribution is 5.66. The molecule has 1 atom stereocenters. The fourth-order valence-electron chi connectivity index (χ4n) is 2.20. The fraction of sp³-hybridized carbons (Fsp3) is 0.467. The SMILES string of the molecule is CC(C)c1ccc(C2=CCC(N)CC2)cc1. The summed E-state index contributed by atoms with van der Waals surface area (Å²) >= 11 is 0. The van der Waals surface area contributed by atoms with Crippen LogP contribution in [0, 0.1) is 0 Å². The highest BCUT2D eigenvalue weighted by Crippen LogP contribution is 2.27. The molecule has 1 aromatic carbocycles. The van der Waals surface area contributed by atoms with Gasteiger partial charge in [0.25, 0.3) is 0 Å². The van der Waals surface area contributed by atoms with E-state index in [0.717, 1.165) is 19.3 Å². The monoisotopic (exact) mass is 215 g/mol. The van der Waals surface area contributed by atoms with Gasteiger partial charge in [0.15, 0.2) is 0 Å². The molecule has 1 nitrogen and oxygen atoms in total. The Hall–Kier alpha value is -1.08. The zero-order valence-corrected chi connectivity index (χ0v) is 10.2. The van der Waals surface area contributed by atoms with Crippen molar-refractivity contribution in [2.24, 2.45) is 5.73 Å². The van der Waals surface area contributed by atoms with Gasteiger partial charge in [-0.05, 0) is 41.9 Å². The van der Waals surface area contributed by atoms with Crippen LogP contribution >= 0.6 is 0 Å². The van der Waals surface area contributed by atoms with Crippen LogP contribution in [0.15, 0.2) is 30.3 Å². The minimum absolute atomic E-state index is 0.374. The van der Waals surface area contributed by atoms with Gasteiger partial charge in [-0.25, -0.2) is 0 Å². The Bertz CT molecular complexity index is 373. The summed E-state index contributed by atoms with van der Waals surface area (Å²) in [5.41, 5.74) is 10.1. The van der Waals surface area contributed by atoms with Crippen molar-refractivity contribution >= 4 is 5.57 Å². The number of hydrogen-bond donors (Lipinski definition) is 1. The van der Waals surface area contributed by atoms with Gasteiger partial charge in [0.1, 0.15) is 0 Å². The molecular weight excluding hydrogens is 194 g/mol. The third-order valence-electron chi connectivity index (χ3n) is 3.40. The first kappa shape index (κ1) is 11.4. The van der Waals surface area contributed by atoms with Gasteiger partial charge in [-0.2, -0.15) is 0 Å². The van der Waals surface area contributed by atoms with Gasteiger partial charge < -0.3 is 5.73 Å². The van der Waals surface area contributed by atoms with Crippen molar-refractivity contribution in [1.29, 1.82) is 0 Å². The zero-order chi connectivity index (χ0) is 11.5. The standard InChI is InChI=1S/C15H21N/c1-11(2)12-3-5-13(6-4-12)14-7-9-15(16)10-8-14/h3-7,11,15H,8-10,16H2,1-2H3. The van der Waals surface area contributed by atoms with Crippen molar-refractivity contribution in [3.63, 3.8) is 0 Å². The Balaban J connectivity index is 2.16. The van der Waals surface area contributed by atoms with Crippen LogP contribution in [0.3, 0.4) is 0 Å². The van der Waals surface area contributed by atoms with E-state index in [1.165, 1.54) is 16.7 Å². The van der Waals surface area contributed by atoms with Gasteiger partial charge in [-0.1, -0.05) is 44.2 Å². The molecule has 1 aliphatic rings. The summed E-state index contributed by atoms with van der Waals surface area (Å²) < 4.78 is 0. The second-order valence-electron chi connectivity index (χ2n) is 5.04. The van der Waals surface area contributed by atoms with Gasteiger partial charge in [0.05, 0.1) is 0 Å². The van der Waals surface area contributed by atoms with E-state index in [0.29, 0.717) is 12.0 Å². The van der Waals surface area contributed by atoms with E-state index >= 15 is 0 Å². The molecule has 1 heteroatoms. The normalized spacial score (nSPS) is 21.0. The van der Waals surface area contributed by atoms with Gasteiger partial charge in [0.2, 0.25) is 0 Å². The summed E-state index contributed by atoms with van der Waals surface area (Å²) in [6.45, 7) is 4.46. The molecular formula is C15H21N. The average molecular weight is 215 g/mol. The molecule has 1 unspecified atom stereocenters. The van der Waals surface area contributed by atoms with E-state index < -0.39 is 0 Å². The maximum atomic E-state index is 5.89. The quantitative estimate of drug-likeness (QED) is 0.799. The number of allylic oxidation sites excluding steroid dienone is 1. The molecule has 2 rings (SSSR count). The molecule has 0 radical (unpaired) electrons. The summed E-state index contributed by atoms with van der Waals surface area (Å²) in [7, 11) is 0. The van der Waals surface area contributed by atoms with Crippen molar-refractivity contribution in [3.05, 3.63) is 41.5 Å². The summed E-state index contributed by atoms with van der Waals surface area (Å²) in [5, 5.41) is 0. The topological polar surface area (TPSA) is 26.0 Å². The maximum absolute atomic E-state index is 5.89. The maximum Gasteiger partial charge on any atom is 0.00767 e. The second kappa shape index (κ2) is 4.84. The minimum Gasteiger partial charge on any atom is -0.327 e. The van der Waals surface area contributed by atoms with Crippen LogP contribution in [0.1, 0.15) is 50.2 Å². The number of nitrogens with two attached hydrogens (primary N) is 1. The summed E-state index contributed by atoms with van der Waals surface area (Å²) in [5.74, 6) is 0.614. The first-order valence-electron chi connectivity index (χ1n) is 6.22. The molecule has 0 saturated heterocycles. The molecule has 0 saturated carbocycles.